The molecule has 0 heterocycles. The number of hydrogen-bond acceptors (Lipinski definition) is 2. The number of benzene rings is 2. The molecule has 0 saturated heterocycles. The Kier molecular flexibility index (Phi) is 3.33. The molecule has 0 unspecified atom stereocenters. The highest BCUT2D eigenvalue weighted by molar-refractivity contribution is 5.76. The molecule has 0 spiro atoms. The van der Waals surface area contributed by atoms with Crippen molar-refractivity contribution in [2.24, 2.45) is 0 Å². The third-order valence-electron chi connectivity index (χ3n) is 2.75. The Balaban J connectivity index is 2.59. The molecule has 2 nitrogen and oxygen atoms in total. The van der Waals surface area contributed by atoms with Crippen LogP contribution in [0.3, 0.4) is 0 Å². The molecule has 0 bridgehead atoms. The van der Waals surface area contributed by atoms with Crippen molar-refractivity contribution in [3.8, 4) is 22.6 Å². The Bertz CT molecular complexity index is 518. The first-order chi connectivity index (χ1) is 8.26. The maximum atomic E-state index is 5.42. The van der Waals surface area contributed by atoms with E-state index in [2.05, 4.69) is 19.1 Å². The number of aryl methyl sites for hydroxylation is 1. The van der Waals surface area contributed by atoms with Crippen molar-refractivity contribution in [2.45, 2.75) is 6.92 Å². The summed E-state index contributed by atoms with van der Waals surface area (Å²) in [5.41, 5.74) is 3.28. The van der Waals surface area contributed by atoms with Gasteiger partial charge in [-0.3, -0.25) is 0 Å². The van der Waals surface area contributed by atoms with E-state index < -0.39 is 0 Å². The average Bonchev–Trinajstić information content (AvgIpc) is 2.38. The zero-order valence-corrected chi connectivity index (χ0v) is 10.4. The fourth-order valence-corrected chi connectivity index (χ4v) is 1.89. The number of ether oxygens (including phenoxy) is 2. The van der Waals surface area contributed by atoms with Gasteiger partial charge in [0.05, 0.1) is 14.2 Å². The topological polar surface area (TPSA) is 18.5 Å². The van der Waals surface area contributed by atoms with Gasteiger partial charge in [0.1, 0.15) is 11.5 Å². The summed E-state index contributed by atoms with van der Waals surface area (Å²) in [4.78, 5) is 0. The molecule has 17 heavy (non-hydrogen) atoms. The first kappa shape index (κ1) is 11.5. The van der Waals surface area contributed by atoms with Gasteiger partial charge in [-0.15, -0.1) is 0 Å². The molecule has 0 amide bonds. The molecule has 2 aromatic carbocycles. The largest absolute Gasteiger partial charge is 0.496 e. The summed E-state index contributed by atoms with van der Waals surface area (Å²) in [6, 6.07) is 14.1. The molecule has 0 aliphatic heterocycles. The highest BCUT2D eigenvalue weighted by Gasteiger charge is 2.10. The second-order valence-corrected chi connectivity index (χ2v) is 3.90. The summed E-state index contributed by atoms with van der Waals surface area (Å²) in [7, 11) is 3.37. The van der Waals surface area contributed by atoms with Crippen LogP contribution in [0, 0.1) is 6.92 Å². The molecule has 2 rings (SSSR count). The second kappa shape index (κ2) is 4.91. The zero-order valence-electron chi connectivity index (χ0n) is 10.4. The van der Waals surface area contributed by atoms with Gasteiger partial charge in [0.2, 0.25) is 0 Å². The van der Waals surface area contributed by atoms with Gasteiger partial charge in [-0.2, -0.15) is 0 Å². The van der Waals surface area contributed by atoms with E-state index in [1.807, 2.05) is 30.3 Å². The van der Waals surface area contributed by atoms with Gasteiger partial charge in [-0.1, -0.05) is 30.3 Å². The van der Waals surface area contributed by atoms with E-state index >= 15 is 0 Å². The van der Waals surface area contributed by atoms with Crippen LogP contribution in [-0.4, -0.2) is 14.2 Å². The zero-order chi connectivity index (χ0) is 12.3. The van der Waals surface area contributed by atoms with Crippen molar-refractivity contribution in [3.05, 3.63) is 48.0 Å². The van der Waals surface area contributed by atoms with Crippen molar-refractivity contribution in [1.29, 1.82) is 0 Å². The summed E-state index contributed by atoms with van der Waals surface area (Å²) in [5.74, 6) is 1.73. The van der Waals surface area contributed by atoms with Gasteiger partial charge in [0, 0.05) is 11.1 Å². The molecule has 2 aromatic rings. The van der Waals surface area contributed by atoms with Crippen LogP contribution < -0.4 is 9.47 Å². The van der Waals surface area contributed by atoms with E-state index in [-0.39, 0.29) is 0 Å². The van der Waals surface area contributed by atoms with Gasteiger partial charge < -0.3 is 9.47 Å². The second-order valence-electron chi connectivity index (χ2n) is 3.90. The molecular formula is C15H16O2. The minimum absolute atomic E-state index is 0.856. The normalized spacial score (nSPS) is 10.1. The molecule has 0 fully saturated rings. The first-order valence-electron chi connectivity index (χ1n) is 5.54. The van der Waals surface area contributed by atoms with Crippen LogP contribution in [0.4, 0.5) is 0 Å². The van der Waals surface area contributed by atoms with Gasteiger partial charge in [0.25, 0.3) is 0 Å². The molecule has 2 heteroatoms. The lowest BCUT2D eigenvalue weighted by atomic mass is 10.0. The van der Waals surface area contributed by atoms with Crippen LogP contribution >= 0.6 is 0 Å². The van der Waals surface area contributed by atoms with Crippen molar-refractivity contribution < 1.29 is 9.47 Å². The van der Waals surface area contributed by atoms with Crippen molar-refractivity contribution >= 4 is 0 Å². The Morgan fingerprint density at radius 3 is 2.12 bits per heavy atom. The van der Waals surface area contributed by atoms with Crippen LogP contribution in [0.1, 0.15) is 5.56 Å². The molecule has 0 radical (unpaired) electrons. The number of rotatable bonds is 3. The monoisotopic (exact) mass is 228 g/mol. The van der Waals surface area contributed by atoms with Gasteiger partial charge >= 0.3 is 0 Å². The maximum Gasteiger partial charge on any atom is 0.127 e. The van der Waals surface area contributed by atoms with Gasteiger partial charge in [0.15, 0.2) is 0 Å². The van der Waals surface area contributed by atoms with E-state index in [9.17, 15) is 0 Å². The van der Waals surface area contributed by atoms with Crippen LogP contribution in [0.2, 0.25) is 0 Å². The van der Waals surface area contributed by atoms with E-state index in [0.29, 0.717) is 0 Å². The van der Waals surface area contributed by atoms with Crippen LogP contribution in [0.5, 0.6) is 11.5 Å². The fourth-order valence-electron chi connectivity index (χ4n) is 1.89. The minimum atomic E-state index is 0.856. The summed E-state index contributed by atoms with van der Waals surface area (Å²) in [6.07, 6.45) is 0. The Morgan fingerprint density at radius 1 is 0.765 bits per heavy atom. The summed E-state index contributed by atoms with van der Waals surface area (Å²) >= 11 is 0. The summed E-state index contributed by atoms with van der Waals surface area (Å²) in [5, 5.41) is 0. The van der Waals surface area contributed by atoms with Crippen molar-refractivity contribution in [2.75, 3.05) is 14.2 Å². The summed E-state index contributed by atoms with van der Waals surface area (Å²) in [6.45, 7) is 2.05. The Hall–Kier alpha value is -1.96. The number of para-hydroxylation sites is 1. The van der Waals surface area contributed by atoms with Gasteiger partial charge in [-0.05, 0) is 24.6 Å². The lowest BCUT2D eigenvalue weighted by Crippen LogP contribution is -1.92. The standard InChI is InChI=1S/C15H16O2/c1-11-8-9-13(15(10-11)17-3)12-6-4-5-7-14(12)16-2/h4-10H,1-3H3. The molecular weight excluding hydrogens is 212 g/mol. The maximum absolute atomic E-state index is 5.42. The predicted octanol–water partition coefficient (Wildman–Crippen LogP) is 3.68. The third kappa shape index (κ3) is 2.26. The highest BCUT2D eigenvalue weighted by atomic mass is 16.5. The smallest absolute Gasteiger partial charge is 0.127 e. The molecule has 0 aromatic heterocycles. The van der Waals surface area contributed by atoms with E-state index in [1.165, 1.54) is 5.56 Å². The van der Waals surface area contributed by atoms with E-state index in [1.54, 1.807) is 14.2 Å². The molecule has 0 aliphatic carbocycles. The number of methoxy groups -OCH3 is 2. The molecule has 0 atom stereocenters. The molecule has 0 aliphatic rings. The lowest BCUT2D eigenvalue weighted by molar-refractivity contribution is 0.410. The Morgan fingerprint density at radius 2 is 1.41 bits per heavy atom. The minimum Gasteiger partial charge on any atom is -0.496 e. The molecule has 0 saturated carbocycles. The molecule has 88 valence electrons. The third-order valence-corrected chi connectivity index (χ3v) is 2.75. The van der Waals surface area contributed by atoms with Crippen LogP contribution in [0.15, 0.2) is 42.5 Å². The van der Waals surface area contributed by atoms with E-state index in [4.69, 9.17) is 9.47 Å². The van der Waals surface area contributed by atoms with E-state index in [0.717, 1.165) is 22.6 Å². The fraction of sp³-hybridized carbons (Fsp3) is 0.200. The number of hydrogen-bond donors (Lipinski definition) is 0. The molecule has 0 N–H and O–H groups in total. The Labute approximate surface area is 102 Å². The lowest BCUT2D eigenvalue weighted by Gasteiger charge is -2.12. The predicted molar refractivity (Wildman–Crippen MR) is 69.7 cm³/mol. The first-order valence-corrected chi connectivity index (χ1v) is 5.54. The highest BCUT2D eigenvalue weighted by Crippen LogP contribution is 2.36. The van der Waals surface area contributed by atoms with Crippen LogP contribution in [-0.2, 0) is 0 Å². The van der Waals surface area contributed by atoms with Crippen molar-refractivity contribution in [1.82, 2.24) is 0 Å². The van der Waals surface area contributed by atoms with Gasteiger partial charge in [-0.25, -0.2) is 0 Å². The average molecular weight is 228 g/mol. The van der Waals surface area contributed by atoms with Crippen LogP contribution in [0.25, 0.3) is 11.1 Å². The SMILES string of the molecule is COc1ccccc1-c1ccc(C)cc1OC. The quantitative estimate of drug-likeness (QED) is 0.797. The van der Waals surface area contributed by atoms with Crippen molar-refractivity contribution in [3.63, 3.8) is 0 Å². The summed E-state index contributed by atoms with van der Waals surface area (Å²) < 4.78 is 10.8.